The molecule has 0 aromatic rings. The van der Waals surface area contributed by atoms with Crippen molar-refractivity contribution < 1.29 is 0 Å². The van der Waals surface area contributed by atoms with Crippen LogP contribution < -0.4 is 0 Å². The van der Waals surface area contributed by atoms with Gasteiger partial charge in [-0.25, -0.2) is 0 Å². The van der Waals surface area contributed by atoms with Gasteiger partial charge < -0.3 is 0 Å². The second kappa shape index (κ2) is 10.5. The van der Waals surface area contributed by atoms with Crippen molar-refractivity contribution in [1.29, 1.82) is 0 Å². The van der Waals surface area contributed by atoms with Crippen molar-refractivity contribution in [2.24, 2.45) is 29.6 Å². The summed E-state index contributed by atoms with van der Waals surface area (Å²) >= 11 is 0. The summed E-state index contributed by atoms with van der Waals surface area (Å²) in [6, 6.07) is 0. The van der Waals surface area contributed by atoms with Crippen LogP contribution in [-0.2, 0) is 0 Å². The first-order valence-corrected chi connectivity index (χ1v) is 12.4. The quantitative estimate of drug-likeness (QED) is 0.427. The number of rotatable bonds is 7. The molecule has 3 aliphatic carbocycles. The summed E-state index contributed by atoms with van der Waals surface area (Å²) in [5, 5.41) is 0. The molecule has 0 N–H and O–H groups in total. The van der Waals surface area contributed by atoms with E-state index in [-0.39, 0.29) is 0 Å². The van der Waals surface area contributed by atoms with Crippen LogP contribution in [0.15, 0.2) is 0 Å². The molecule has 1 atom stereocenters. The third kappa shape index (κ3) is 5.75. The standard InChI is InChI=1S/C26H46/c1-4-6-21-7-11-23(12-8-21)25-15-17-26(18-16-25)24-13-9-22(10-14-24)19-20(3)5-2/h20-22,24-25H,4-19H2,1-3H3. The molecular formula is C26H46. The van der Waals surface area contributed by atoms with Crippen LogP contribution in [0, 0.1) is 41.4 Å². The van der Waals surface area contributed by atoms with Crippen molar-refractivity contribution in [3.05, 3.63) is 11.8 Å². The van der Waals surface area contributed by atoms with Gasteiger partial charge in [0.25, 0.3) is 0 Å². The normalized spacial score (nSPS) is 32.0. The molecule has 26 heavy (non-hydrogen) atoms. The lowest BCUT2D eigenvalue weighted by Crippen LogP contribution is -2.28. The summed E-state index contributed by atoms with van der Waals surface area (Å²) < 4.78 is 0. The van der Waals surface area contributed by atoms with Gasteiger partial charge in [0.1, 0.15) is 0 Å². The Labute approximate surface area is 165 Å². The maximum Gasteiger partial charge on any atom is -0.0210 e. The summed E-state index contributed by atoms with van der Waals surface area (Å²) in [6.07, 6.45) is 23.8. The lowest BCUT2D eigenvalue weighted by molar-refractivity contribution is 0.215. The van der Waals surface area contributed by atoms with Gasteiger partial charge in [-0.2, -0.15) is 0 Å². The molecule has 0 saturated heterocycles. The SMILES string of the molecule is CCCC1CC[C](C2CC[C](C3CCC(CC(C)CC)CC3)CC2)CC1. The highest BCUT2D eigenvalue weighted by Gasteiger charge is 2.35. The average molecular weight is 359 g/mol. The van der Waals surface area contributed by atoms with E-state index in [1.54, 1.807) is 0 Å². The Morgan fingerprint density at radius 2 is 1.23 bits per heavy atom. The van der Waals surface area contributed by atoms with Gasteiger partial charge in [0, 0.05) is 0 Å². The van der Waals surface area contributed by atoms with Crippen LogP contribution in [0.4, 0.5) is 0 Å². The fourth-order valence-corrected chi connectivity index (χ4v) is 6.50. The molecule has 2 radical (unpaired) electrons. The van der Waals surface area contributed by atoms with Crippen molar-refractivity contribution >= 4 is 0 Å². The van der Waals surface area contributed by atoms with E-state index in [0.717, 1.165) is 29.6 Å². The zero-order valence-electron chi connectivity index (χ0n) is 18.2. The minimum atomic E-state index is 0.948. The maximum absolute atomic E-state index is 2.45. The van der Waals surface area contributed by atoms with E-state index in [9.17, 15) is 0 Å². The molecule has 0 aliphatic heterocycles. The molecule has 0 amide bonds. The van der Waals surface area contributed by atoms with E-state index in [0.29, 0.717) is 0 Å². The van der Waals surface area contributed by atoms with E-state index in [1.165, 1.54) is 103 Å². The zero-order valence-corrected chi connectivity index (χ0v) is 18.2. The van der Waals surface area contributed by atoms with Gasteiger partial charge >= 0.3 is 0 Å². The van der Waals surface area contributed by atoms with Crippen LogP contribution in [0.5, 0.6) is 0 Å². The van der Waals surface area contributed by atoms with Crippen LogP contribution in [0.3, 0.4) is 0 Å². The van der Waals surface area contributed by atoms with Gasteiger partial charge in [-0.3, -0.25) is 0 Å². The van der Waals surface area contributed by atoms with Gasteiger partial charge in [0.15, 0.2) is 0 Å². The van der Waals surface area contributed by atoms with Crippen LogP contribution in [0.25, 0.3) is 0 Å². The summed E-state index contributed by atoms with van der Waals surface area (Å²) in [5.41, 5.74) is 0. The van der Waals surface area contributed by atoms with E-state index < -0.39 is 0 Å². The number of hydrogen-bond donors (Lipinski definition) is 0. The van der Waals surface area contributed by atoms with Crippen LogP contribution in [0.1, 0.15) is 124 Å². The molecular weight excluding hydrogens is 312 g/mol. The van der Waals surface area contributed by atoms with E-state index in [2.05, 4.69) is 20.8 Å². The van der Waals surface area contributed by atoms with Crippen LogP contribution in [-0.4, -0.2) is 0 Å². The topological polar surface area (TPSA) is 0 Å². The Morgan fingerprint density at radius 1 is 0.692 bits per heavy atom. The van der Waals surface area contributed by atoms with Crippen molar-refractivity contribution in [3.63, 3.8) is 0 Å². The van der Waals surface area contributed by atoms with Crippen molar-refractivity contribution in [3.8, 4) is 0 Å². The van der Waals surface area contributed by atoms with Gasteiger partial charge in [-0.15, -0.1) is 0 Å². The Morgan fingerprint density at radius 3 is 1.77 bits per heavy atom. The minimum absolute atomic E-state index is 0.948. The number of hydrogen-bond acceptors (Lipinski definition) is 0. The minimum Gasteiger partial charge on any atom is -0.0654 e. The lowest BCUT2D eigenvalue weighted by atomic mass is 9.64. The highest BCUT2D eigenvalue weighted by Crippen LogP contribution is 2.48. The molecule has 0 aromatic carbocycles. The highest BCUT2D eigenvalue weighted by atomic mass is 14.4. The zero-order chi connectivity index (χ0) is 18.4. The molecule has 3 saturated carbocycles. The molecule has 150 valence electrons. The average Bonchev–Trinajstić information content (AvgIpc) is 2.69. The van der Waals surface area contributed by atoms with E-state index >= 15 is 0 Å². The fourth-order valence-electron chi connectivity index (χ4n) is 6.50. The summed E-state index contributed by atoms with van der Waals surface area (Å²) in [6.45, 7) is 7.17. The molecule has 0 aromatic heterocycles. The Bertz CT molecular complexity index is 361. The maximum atomic E-state index is 2.45. The molecule has 1 unspecified atom stereocenters. The van der Waals surface area contributed by atoms with Gasteiger partial charge in [0.2, 0.25) is 0 Å². The van der Waals surface area contributed by atoms with E-state index in [4.69, 9.17) is 0 Å². The molecule has 0 heteroatoms. The first kappa shape index (κ1) is 20.7. The first-order valence-electron chi connectivity index (χ1n) is 12.4. The molecule has 3 fully saturated rings. The largest absolute Gasteiger partial charge is 0.0654 e. The highest BCUT2D eigenvalue weighted by molar-refractivity contribution is 5.08. The third-order valence-corrected chi connectivity index (χ3v) is 8.51. The molecule has 0 heterocycles. The van der Waals surface area contributed by atoms with Gasteiger partial charge in [0.05, 0.1) is 0 Å². The Balaban J connectivity index is 1.34. The van der Waals surface area contributed by atoms with Gasteiger partial charge in [-0.1, -0.05) is 52.9 Å². The van der Waals surface area contributed by atoms with Crippen molar-refractivity contribution in [2.45, 2.75) is 124 Å². The molecule has 0 spiro atoms. The van der Waals surface area contributed by atoms with E-state index in [1.807, 2.05) is 11.8 Å². The summed E-state index contributed by atoms with van der Waals surface area (Å²) in [7, 11) is 0. The predicted molar refractivity (Wildman–Crippen MR) is 115 cm³/mol. The summed E-state index contributed by atoms with van der Waals surface area (Å²) in [4.78, 5) is 0. The van der Waals surface area contributed by atoms with Crippen LogP contribution >= 0.6 is 0 Å². The van der Waals surface area contributed by atoms with Gasteiger partial charge in [-0.05, 0) is 112 Å². The molecule has 3 rings (SSSR count). The third-order valence-electron chi connectivity index (χ3n) is 8.51. The van der Waals surface area contributed by atoms with Crippen LogP contribution in [0.2, 0.25) is 0 Å². The smallest absolute Gasteiger partial charge is 0.0210 e. The van der Waals surface area contributed by atoms with Crippen molar-refractivity contribution in [2.75, 3.05) is 0 Å². The molecule has 0 bridgehead atoms. The summed E-state index contributed by atoms with van der Waals surface area (Å²) in [5.74, 6) is 9.03. The Hall–Kier alpha value is 0. The second-order valence-corrected chi connectivity index (χ2v) is 10.3. The first-order chi connectivity index (χ1) is 12.7. The predicted octanol–water partition coefficient (Wildman–Crippen LogP) is 8.56. The molecule has 0 nitrogen and oxygen atoms in total. The second-order valence-electron chi connectivity index (χ2n) is 10.3. The Kier molecular flexibility index (Phi) is 8.39. The molecule has 3 aliphatic rings. The fraction of sp³-hybridized carbons (Fsp3) is 0.923. The monoisotopic (exact) mass is 358 g/mol. The van der Waals surface area contributed by atoms with Crippen molar-refractivity contribution in [1.82, 2.24) is 0 Å². The lowest BCUT2D eigenvalue weighted by Gasteiger charge is -2.41.